The van der Waals surface area contributed by atoms with Crippen molar-refractivity contribution in [3.8, 4) is 0 Å². The molecular formula is C14H32N6O3. The Morgan fingerprint density at radius 3 is 1.74 bits per heavy atom. The van der Waals surface area contributed by atoms with Gasteiger partial charge in [-0.3, -0.25) is 4.99 Å². The van der Waals surface area contributed by atoms with E-state index in [9.17, 15) is 0 Å². The fraction of sp³-hybridized carbons (Fsp3) is 0.857. The zero-order chi connectivity index (χ0) is 17.9. The SMILES string of the molecule is CCCCCCCCCCCCN=C(N)N=C(N)N.O=[N+]([O-])O. The molecule has 0 rings (SSSR count). The molecule has 0 amide bonds. The lowest BCUT2D eigenvalue weighted by Crippen LogP contribution is -2.26. The minimum atomic E-state index is -1.50. The first-order valence-electron chi connectivity index (χ1n) is 8.13. The molecule has 0 unspecified atom stereocenters. The third kappa shape index (κ3) is 28.8. The molecule has 0 aromatic heterocycles. The number of guanidine groups is 2. The van der Waals surface area contributed by atoms with Crippen molar-refractivity contribution in [3.05, 3.63) is 10.1 Å². The van der Waals surface area contributed by atoms with Gasteiger partial charge in [0.25, 0.3) is 5.09 Å². The van der Waals surface area contributed by atoms with Crippen LogP contribution in [0, 0.1) is 10.1 Å². The summed E-state index contributed by atoms with van der Waals surface area (Å²) < 4.78 is 0. The standard InChI is InChI=1S/C14H31N5.HNO3/c1-2-3-4-5-6-7-8-9-10-11-12-18-14(17)19-13(15)16;2-1(3)4/h2-12H2,1H3,(H6,15,16,17,18,19);(H,2,3,4). The molecule has 0 bridgehead atoms. The van der Waals surface area contributed by atoms with E-state index in [0.717, 1.165) is 6.42 Å². The maximum Gasteiger partial charge on any atom is 0.291 e. The third-order valence-corrected chi connectivity index (χ3v) is 3.03. The molecule has 0 aliphatic rings. The van der Waals surface area contributed by atoms with E-state index in [1.165, 1.54) is 57.8 Å². The van der Waals surface area contributed by atoms with Crippen LogP contribution in [-0.4, -0.2) is 28.8 Å². The normalized spacial score (nSPS) is 10.6. The van der Waals surface area contributed by atoms with Crippen molar-refractivity contribution in [2.75, 3.05) is 6.54 Å². The molecule has 0 fully saturated rings. The molecule has 0 aliphatic carbocycles. The van der Waals surface area contributed by atoms with Gasteiger partial charge >= 0.3 is 0 Å². The molecule has 0 aliphatic heterocycles. The van der Waals surface area contributed by atoms with Crippen LogP contribution in [-0.2, 0) is 0 Å². The van der Waals surface area contributed by atoms with Crippen LogP contribution in [0.5, 0.6) is 0 Å². The summed E-state index contributed by atoms with van der Waals surface area (Å²) in [5.41, 5.74) is 15.9. The van der Waals surface area contributed by atoms with Crippen molar-refractivity contribution in [3.63, 3.8) is 0 Å². The molecule has 0 aromatic carbocycles. The van der Waals surface area contributed by atoms with E-state index in [1.54, 1.807) is 0 Å². The zero-order valence-electron chi connectivity index (χ0n) is 14.1. The number of hydrogen-bond donors (Lipinski definition) is 4. The maximum atomic E-state index is 8.36. The second-order valence-electron chi connectivity index (χ2n) is 5.20. The first-order valence-corrected chi connectivity index (χ1v) is 8.13. The maximum absolute atomic E-state index is 8.36. The fourth-order valence-electron chi connectivity index (χ4n) is 1.96. The molecule has 0 heterocycles. The number of nitrogens with two attached hydrogens (primary N) is 3. The number of unbranched alkanes of at least 4 members (excludes halogenated alkanes) is 9. The third-order valence-electron chi connectivity index (χ3n) is 3.03. The van der Waals surface area contributed by atoms with E-state index < -0.39 is 5.09 Å². The van der Waals surface area contributed by atoms with Crippen LogP contribution in [0.15, 0.2) is 9.98 Å². The summed E-state index contributed by atoms with van der Waals surface area (Å²) in [6, 6.07) is 0. The monoisotopic (exact) mass is 332 g/mol. The van der Waals surface area contributed by atoms with Crippen molar-refractivity contribution >= 4 is 11.9 Å². The van der Waals surface area contributed by atoms with Gasteiger partial charge in [-0.1, -0.05) is 64.7 Å². The first-order chi connectivity index (χ1) is 10.9. The molecule has 9 nitrogen and oxygen atoms in total. The molecule has 0 saturated carbocycles. The van der Waals surface area contributed by atoms with Crippen LogP contribution in [0.3, 0.4) is 0 Å². The lowest BCUT2D eigenvalue weighted by atomic mass is 10.1. The molecule has 0 radical (unpaired) electrons. The highest BCUT2D eigenvalue weighted by molar-refractivity contribution is 5.92. The molecule has 7 N–H and O–H groups in total. The van der Waals surface area contributed by atoms with E-state index >= 15 is 0 Å². The first kappa shape index (κ1) is 23.2. The predicted molar refractivity (Wildman–Crippen MR) is 92.9 cm³/mol. The van der Waals surface area contributed by atoms with Crippen molar-refractivity contribution < 1.29 is 10.3 Å². The number of hydrogen-bond acceptors (Lipinski definition) is 3. The Morgan fingerprint density at radius 2 is 1.35 bits per heavy atom. The van der Waals surface area contributed by atoms with Gasteiger partial charge < -0.3 is 22.4 Å². The van der Waals surface area contributed by atoms with Crippen LogP contribution < -0.4 is 17.2 Å². The highest BCUT2D eigenvalue weighted by atomic mass is 16.9. The number of aliphatic imine (C=N–C) groups is 2. The molecule has 136 valence electrons. The lowest BCUT2D eigenvalue weighted by molar-refractivity contribution is -0.742. The van der Waals surface area contributed by atoms with Gasteiger partial charge in [-0.15, -0.1) is 10.1 Å². The molecule has 9 heteroatoms. The number of rotatable bonds is 11. The Morgan fingerprint density at radius 1 is 0.957 bits per heavy atom. The highest BCUT2D eigenvalue weighted by Gasteiger charge is 1.93. The van der Waals surface area contributed by atoms with Gasteiger partial charge in [0.1, 0.15) is 0 Å². The van der Waals surface area contributed by atoms with Crippen molar-refractivity contribution in [1.29, 1.82) is 0 Å². The van der Waals surface area contributed by atoms with Crippen LogP contribution in [0.4, 0.5) is 0 Å². The molecular weight excluding hydrogens is 300 g/mol. The quantitative estimate of drug-likeness (QED) is 0.149. The summed E-state index contributed by atoms with van der Waals surface area (Å²) in [6.45, 7) is 2.96. The Labute approximate surface area is 138 Å². The van der Waals surface area contributed by atoms with Crippen LogP contribution in [0.25, 0.3) is 0 Å². The Bertz CT molecular complexity index is 339. The zero-order valence-corrected chi connectivity index (χ0v) is 14.1. The minimum absolute atomic E-state index is 0.0377. The van der Waals surface area contributed by atoms with Gasteiger partial charge in [-0.2, -0.15) is 4.99 Å². The van der Waals surface area contributed by atoms with Gasteiger partial charge in [-0.25, -0.2) is 0 Å². The van der Waals surface area contributed by atoms with Crippen molar-refractivity contribution in [2.24, 2.45) is 27.2 Å². The summed E-state index contributed by atoms with van der Waals surface area (Å²) in [4.78, 5) is 16.1. The van der Waals surface area contributed by atoms with E-state index in [4.69, 9.17) is 32.5 Å². The van der Waals surface area contributed by atoms with Crippen molar-refractivity contribution in [2.45, 2.75) is 71.1 Å². The summed E-state index contributed by atoms with van der Waals surface area (Å²) >= 11 is 0. The molecule has 0 saturated heterocycles. The lowest BCUT2D eigenvalue weighted by Gasteiger charge is -2.01. The van der Waals surface area contributed by atoms with E-state index in [-0.39, 0.29) is 11.9 Å². The second-order valence-corrected chi connectivity index (χ2v) is 5.20. The molecule has 23 heavy (non-hydrogen) atoms. The second kappa shape index (κ2) is 18.0. The summed E-state index contributed by atoms with van der Waals surface area (Å²) in [5, 5.41) is 13.6. The minimum Gasteiger partial charge on any atom is -0.370 e. The van der Waals surface area contributed by atoms with Crippen LogP contribution in [0.2, 0.25) is 0 Å². The highest BCUT2D eigenvalue weighted by Crippen LogP contribution is 2.10. The number of nitrogens with zero attached hydrogens (tertiary/aromatic N) is 3. The predicted octanol–water partition coefficient (Wildman–Crippen LogP) is 2.15. The summed E-state index contributed by atoms with van der Waals surface area (Å²) in [5.74, 6) is 0.139. The molecule has 0 spiro atoms. The Balaban J connectivity index is 0. The van der Waals surface area contributed by atoms with Crippen LogP contribution >= 0.6 is 0 Å². The van der Waals surface area contributed by atoms with Gasteiger partial charge in [0.15, 0.2) is 5.96 Å². The van der Waals surface area contributed by atoms with E-state index in [1.807, 2.05) is 0 Å². The fourth-order valence-corrected chi connectivity index (χ4v) is 1.96. The van der Waals surface area contributed by atoms with Gasteiger partial charge in [-0.05, 0) is 6.42 Å². The summed E-state index contributed by atoms with van der Waals surface area (Å²) in [6.07, 6.45) is 13.1. The summed E-state index contributed by atoms with van der Waals surface area (Å²) in [7, 11) is 0. The average Bonchev–Trinajstić information content (AvgIpc) is 2.43. The van der Waals surface area contributed by atoms with E-state index in [0.29, 0.717) is 6.54 Å². The van der Waals surface area contributed by atoms with Gasteiger partial charge in [0.2, 0.25) is 5.96 Å². The topological polar surface area (TPSA) is 166 Å². The molecule has 0 atom stereocenters. The Kier molecular flexibility index (Phi) is 18.2. The van der Waals surface area contributed by atoms with Crippen LogP contribution in [0.1, 0.15) is 71.1 Å². The van der Waals surface area contributed by atoms with E-state index in [2.05, 4.69) is 16.9 Å². The van der Waals surface area contributed by atoms with Crippen molar-refractivity contribution in [1.82, 2.24) is 0 Å². The Hall–Kier alpha value is -2.06. The molecule has 0 aromatic rings. The van der Waals surface area contributed by atoms with Gasteiger partial charge in [0, 0.05) is 6.54 Å². The van der Waals surface area contributed by atoms with Gasteiger partial charge in [0.05, 0.1) is 0 Å². The largest absolute Gasteiger partial charge is 0.370 e. The average molecular weight is 332 g/mol. The smallest absolute Gasteiger partial charge is 0.291 e.